The smallest absolute Gasteiger partial charge is 0.203 e. The van der Waals surface area contributed by atoms with Crippen LogP contribution in [0.3, 0.4) is 0 Å². The maximum Gasteiger partial charge on any atom is 0.203 e. The van der Waals surface area contributed by atoms with Gasteiger partial charge in [0.25, 0.3) is 0 Å². The topological polar surface area (TPSA) is 74.2 Å². The number of aromatic hydroxyl groups is 1. The lowest BCUT2D eigenvalue weighted by Gasteiger charge is -2.12. The van der Waals surface area contributed by atoms with E-state index in [-0.39, 0.29) is 22.8 Å². The Labute approximate surface area is 146 Å². The van der Waals surface area contributed by atoms with Crippen molar-refractivity contribution < 1.29 is 28.8 Å². The first kappa shape index (κ1) is 18.2. The number of para-hydroxylation sites is 1. The van der Waals surface area contributed by atoms with Gasteiger partial charge in [-0.15, -0.1) is 0 Å². The molecule has 2 rings (SSSR count). The van der Waals surface area contributed by atoms with Crippen LogP contribution in [-0.4, -0.2) is 39.3 Å². The summed E-state index contributed by atoms with van der Waals surface area (Å²) in [5.74, 6) is 1.14. The van der Waals surface area contributed by atoms with Crippen LogP contribution < -0.4 is 18.9 Å². The van der Waals surface area contributed by atoms with Gasteiger partial charge in [-0.3, -0.25) is 4.79 Å². The van der Waals surface area contributed by atoms with Crippen LogP contribution >= 0.6 is 0 Å². The first-order valence-corrected chi connectivity index (χ1v) is 7.44. The molecule has 0 radical (unpaired) electrons. The van der Waals surface area contributed by atoms with Crippen molar-refractivity contribution in [1.82, 2.24) is 0 Å². The number of benzene rings is 2. The number of phenolic OH excluding ortho intramolecular Hbond substituents is 1. The Bertz CT molecular complexity index is 769. The summed E-state index contributed by atoms with van der Waals surface area (Å²) in [6, 6.07) is 8.18. The molecule has 0 atom stereocenters. The standard InChI is InChI=1S/C19H20O6/c1-22-15-7-5-6-13(18(15)21)14(20)9-8-12-10-16(23-2)19(25-4)17(11-12)24-3/h5-11,21H,1-4H3. The Kier molecular flexibility index (Phi) is 5.89. The van der Waals surface area contributed by atoms with Crippen LogP contribution in [0.4, 0.5) is 0 Å². The lowest BCUT2D eigenvalue weighted by molar-refractivity contribution is 0.104. The van der Waals surface area contributed by atoms with Crippen molar-refractivity contribution in [3.63, 3.8) is 0 Å². The third-order valence-electron chi connectivity index (χ3n) is 3.60. The number of hydrogen-bond acceptors (Lipinski definition) is 6. The second kappa shape index (κ2) is 8.10. The zero-order chi connectivity index (χ0) is 18.4. The molecule has 0 aromatic heterocycles. The molecule has 1 N–H and O–H groups in total. The van der Waals surface area contributed by atoms with Crippen LogP contribution in [0.1, 0.15) is 15.9 Å². The number of carbonyl (C=O) groups excluding carboxylic acids is 1. The van der Waals surface area contributed by atoms with Gasteiger partial charge in [-0.1, -0.05) is 12.1 Å². The predicted molar refractivity (Wildman–Crippen MR) is 94.1 cm³/mol. The van der Waals surface area contributed by atoms with Crippen LogP contribution in [0.15, 0.2) is 36.4 Å². The number of phenols is 1. The summed E-state index contributed by atoms with van der Waals surface area (Å²) in [6.45, 7) is 0. The molecule has 2 aromatic rings. The minimum absolute atomic E-state index is 0.156. The van der Waals surface area contributed by atoms with Crippen molar-refractivity contribution in [2.24, 2.45) is 0 Å². The minimum Gasteiger partial charge on any atom is -0.504 e. The van der Waals surface area contributed by atoms with Gasteiger partial charge in [-0.05, 0) is 35.9 Å². The van der Waals surface area contributed by atoms with E-state index in [0.717, 1.165) is 0 Å². The van der Waals surface area contributed by atoms with E-state index in [1.165, 1.54) is 40.6 Å². The van der Waals surface area contributed by atoms with E-state index in [0.29, 0.717) is 22.8 Å². The molecule has 0 aliphatic carbocycles. The van der Waals surface area contributed by atoms with Gasteiger partial charge in [0.2, 0.25) is 5.75 Å². The molecule has 0 amide bonds. The molecule has 0 saturated carbocycles. The monoisotopic (exact) mass is 344 g/mol. The molecule has 6 heteroatoms. The third kappa shape index (κ3) is 3.85. The summed E-state index contributed by atoms with van der Waals surface area (Å²) in [5, 5.41) is 10.1. The summed E-state index contributed by atoms with van der Waals surface area (Å²) in [5.41, 5.74) is 0.841. The molecule has 2 aromatic carbocycles. The lowest BCUT2D eigenvalue weighted by Crippen LogP contribution is -1.97. The number of methoxy groups -OCH3 is 4. The molecular weight excluding hydrogens is 324 g/mol. The fourth-order valence-corrected chi connectivity index (χ4v) is 2.35. The van der Waals surface area contributed by atoms with Gasteiger partial charge >= 0.3 is 0 Å². The second-order valence-electron chi connectivity index (χ2n) is 5.01. The quantitative estimate of drug-likeness (QED) is 0.613. The highest BCUT2D eigenvalue weighted by Crippen LogP contribution is 2.38. The van der Waals surface area contributed by atoms with E-state index >= 15 is 0 Å². The van der Waals surface area contributed by atoms with Crippen LogP contribution in [-0.2, 0) is 0 Å². The SMILES string of the molecule is COc1cccc(C(=O)C=Cc2cc(OC)c(OC)c(OC)c2)c1O. The number of rotatable bonds is 7. The number of ketones is 1. The van der Waals surface area contributed by atoms with Crippen molar-refractivity contribution in [3.8, 4) is 28.7 Å². The summed E-state index contributed by atoms with van der Waals surface area (Å²) in [7, 11) is 5.98. The highest BCUT2D eigenvalue weighted by Gasteiger charge is 2.14. The van der Waals surface area contributed by atoms with Gasteiger partial charge in [0.05, 0.1) is 34.0 Å². The summed E-state index contributed by atoms with van der Waals surface area (Å²) in [4.78, 5) is 12.3. The number of allylic oxidation sites excluding steroid dienone is 1. The minimum atomic E-state index is -0.356. The van der Waals surface area contributed by atoms with E-state index in [1.807, 2.05) is 0 Å². The molecule has 0 unspecified atom stereocenters. The Morgan fingerprint density at radius 2 is 1.52 bits per heavy atom. The Balaban J connectivity index is 2.34. The maximum atomic E-state index is 12.3. The molecular formula is C19H20O6. The van der Waals surface area contributed by atoms with E-state index in [2.05, 4.69) is 0 Å². The van der Waals surface area contributed by atoms with E-state index in [9.17, 15) is 9.90 Å². The van der Waals surface area contributed by atoms with Crippen LogP contribution in [0.25, 0.3) is 6.08 Å². The van der Waals surface area contributed by atoms with Gasteiger partial charge in [-0.25, -0.2) is 0 Å². The molecule has 0 heterocycles. The molecule has 25 heavy (non-hydrogen) atoms. The average Bonchev–Trinajstić information content (AvgIpc) is 2.65. The summed E-state index contributed by atoms with van der Waals surface area (Å²) in [6.07, 6.45) is 2.96. The molecule has 6 nitrogen and oxygen atoms in total. The van der Waals surface area contributed by atoms with Crippen LogP contribution in [0, 0.1) is 0 Å². The second-order valence-corrected chi connectivity index (χ2v) is 5.01. The molecule has 0 saturated heterocycles. The zero-order valence-corrected chi connectivity index (χ0v) is 14.5. The molecule has 0 spiro atoms. The van der Waals surface area contributed by atoms with E-state index in [4.69, 9.17) is 18.9 Å². The molecule has 0 bridgehead atoms. The Morgan fingerprint density at radius 1 is 0.920 bits per heavy atom. The molecule has 0 aliphatic heterocycles. The van der Waals surface area contributed by atoms with Crippen molar-refractivity contribution in [2.45, 2.75) is 0 Å². The number of hydrogen-bond donors (Lipinski definition) is 1. The van der Waals surface area contributed by atoms with Crippen molar-refractivity contribution in [1.29, 1.82) is 0 Å². The average molecular weight is 344 g/mol. The Hall–Kier alpha value is -3.15. The van der Waals surface area contributed by atoms with Crippen molar-refractivity contribution >= 4 is 11.9 Å². The first-order chi connectivity index (χ1) is 12.0. The van der Waals surface area contributed by atoms with Gasteiger partial charge in [0.1, 0.15) is 0 Å². The van der Waals surface area contributed by atoms with Crippen LogP contribution in [0.2, 0.25) is 0 Å². The van der Waals surface area contributed by atoms with Gasteiger partial charge in [0.15, 0.2) is 28.8 Å². The van der Waals surface area contributed by atoms with E-state index < -0.39 is 0 Å². The van der Waals surface area contributed by atoms with Crippen molar-refractivity contribution in [2.75, 3.05) is 28.4 Å². The number of ether oxygens (including phenoxy) is 4. The van der Waals surface area contributed by atoms with Crippen LogP contribution in [0.5, 0.6) is 28.7 Å². The summed E-state index contributed by atoms with van der Waals surface area (Å²) < 4.78 is 20.8. The molecule has 132 valence electrons. The fourth-order valence-electron chi connectivity index (χ4n) is 2.35. The molecule has 0 aliphatic rings. The lowest BCUT2D eigenvalue weighted by atomic mass is 10.1. The summed E-state index contributed by atoms with van der Waals surface area (Å²) >= 11 is 0. The normalized spacial score (nSPS) is 10.6. The van der Waals surface area contributed by atoms with Gasteiger partial charge < -0.3 is 24.1 Å². The van der Waals surface area contributed by atoms with Crippen molar-refractivity contribution in [3.05, 3.63) is 47.5 Å². The van der Waals surface area contributed by atoms with E-state index in [1.54, 1.807) is 30.3 Å². The first-order valence-electron chi connectivity index (χ1n) is 7.44. The maximum absolute atomic E-state index is 12.3. The fraction of sp³-hybridized carbons (Fsp3) is 0.211. The van der Waals surface area contributed by atoms with Gasteiger partial charge in [-0.2, -0.15) is 0 Å². The Morgan fingerprint density at radius 3 is 2.04 bits per heavy atom. The highest BCUT2D eigenvalue weighted by molar-refractivity contribution is 6.09. The zero-order valence-electron chi connectivity index (χ0n) is 14.5. The third-order valence-corrected chi connectivity index (χ3v) is 3.60. The largest absolute Gasteiger partial charge is 0.504 e. The predicted octanol–water partition coefficient (Wildman–Crippen LogP) is 3.32. The molecule has 0 fully saturated rings. The number of carbonyl (C=O) groups is 1. The highest BCUT2D eigenvalue weighted by atomic mass is 16.5. The van der Waals surface area contributed by atoms with Gasteiger partial charge in [0, 0.05) is 0 Å².